The quantitative estimate of drug-likeness (QED) is 0.521. The van der Waals surface area contributed by atoms with Crippen LogP contribution in [0.2, 0.25) is 0 Å². The molecule has 2 aromatic carbocycles. The summed E-state index contributed by atoms with van der Waals surface area (Å²) in [7, 11) is 0. The van der Waals surface area contributed by atoms with Gasteiger partial charge in [-0.15, -0.1) is 0 Å². The summed E-state index contributed by atoms with van der Waals surface area (Å²) in [5, 5.41) is 21.4. The molecule has 0 heterocycles. The van der Waals surface area contributed by atoms with Crippen LogP contribution in [0, 0.1) is 10.8 Å². The third kappa shape index (κ3) is 6.03. The minimum atomic E-state index is -0.0422. The van der Waals surface area contributed by atoms with E-state index in [1.807, 2.05) is 12.1 Å². The van der Waals surface area contributed by atoms with Crippen molar-refractivity contribution in [1.29, 1.82) is 0 Å². The van der Waals surface area contributed by atoms with E-state index in [0.29, 0.717) is 11.1 Å². The highest BCUT2D eigenvalue weighted by molar-refractivity contribution is 5.77. The average Bonchev–Trinajstić information content (AvgIpc) is 2.51. The predicted molar refractivity (Wildman–Crippen MR) is 129 cm³/mol. The van der Waals surface area contributed by atoms with Crippen molar-refractivity contribution < 1.29 is 10.2 Å². The minimum Gasteiger partial charge on any atom is -0.507 e. The van der Waals surface area contributed by atoms with Gasteiger partial charge in [0.15, 0.2) is 0 Å². The van der Waals surface area contributed by atoms with Crippen LogP contribution in [0.15, 0.2) is 36.4 Å². The van der Waals surface area contributed by atoms with E-state index in [0.717, 1.165) is 12.8 Å². The van der Waals surface area contributed by atoms with Gasteiger partial charge in [0, 0.05) is 11.1 Å². The summed E-state index contributed by atoms with van der Waals surface area (Å²) in [5.74, 6) is 0.401. The van der Waals surface area contributed by atoms with Crippen LogP contribution < -0.4 is 0 Å². The van der Waals surface area contributed by atoms with Gasteiger partial charge in [-0.3, -0.25) is 0 Å². The van der Waals surface area contributed by atoms with Crippen molar-refractivity contribution in [2.24, 2.45) is 10.8 Å². The molecule has 0 atom stereocenters. The maximum atomic E-state index is 10.7. The third-order valence-electron chi connectivity index (χ3n) is 5.79. The molecule has 0 fully saturated rings. The van der Waals surface area contributed by atoms with Crippen LogP contribution in [0.4, 0.5) is 0 Å². The van der Waals surface area contributed by atoms with Crippen LogP contribution in [0.5, 0.6) is 11.5 Å². The van der Waals surface area contributed by atoms with Crippen molar-refractivity contribution >= 4 is 0 Å². The van der Waals surface area contributed by atoms with Crippen LogP contribution in [-0.4, -0.2) is 10.2 Å². The third-order valence-corrected chi connectivity index (χ3v) is 5.79. The maximum Gasteiger partial charge on any atom is 0.123 e. The first-order valence-electron chi connectivity index (χ1n) is 11.1. The smallest absolute Gasteiger partial charge is 0.123 e. The molecule has 0 amide bonds. The van der Waals surface area contributed by atoms with Crippen molar-refractivity contribution in [3.63, 3.8) is 0 Å². The molecule has 0 saturated heterocycles. The second-order valence-electron chi connectivity index (χ2n) is 12.7. The summed E-state index contributed by atoms with van der Waals surface area (Å²) in [5.41, 5.74) is 4.04. The Hall–Kier alpha value is -1.96. The number of phenols is 2. The Morgan fingerprint density at radius 2 is 0.833 bits per heavy atom. The Morgan fingerprint density at radius 3 is 1.10 bits per heavy atom. The highest BCUT2D eigenvalue weighted by Gasteiger charge is 2.30. The topological polar surface area (TPSA) is 40.5 Å². The molecule has 166 valence electrons. The lowest BCUT2D eigenvalue weighted by Gasteiger charge is -2.34. The number of rotatable bonds is 5. The molecular weight excluding hydrogens is 368 g/mol. The Balaban J connectivity index is 2.57. The van der Waals surface area contributed by atoms with Crippen LogP contribution in [0.3, 0.4) is 0 Å². The summed E-state index contributed by atoms with van der Waals surface area (Å²) in [6.07, 6.45) is 2.05. The first kappa shape index (κ1) is 24.3. The van der Waals surface area contributed by atoms with Gasteiger partial charge in [-0.1, -0.05) is 81.4 Å². The Labute approximate surface area is 184 Å². The summed E-state index contributed by atoms with van der Waals surface area (Å²) in [6, 6.07) is 11.7. The SMILES string of the molecule is CC(C)(C)CC(C)(C)c1ccc(O)c(-c2cc(C(C)(C)CC(C)(C)C)ccc2O)c1. The maximum absolute atomic E-state index is 10.7. The summed E-state index contributed by atoms with van der Waals surface area (Å²) in [6.45, 7) is 22.5. The Kier molecular flexibility index (Phi) is 6.44. The molecule has 0 unspecified atom stereocenters. The van der Waals surface area contributed by atoms with E-state index < -0.39 is 0 Å². The molecule has 0 aromatic heterocycles. The first-order chi connectivity index (χ1) is 13.4. The molecule has 0 aliphatic rings. The van der Waals surface area contributed by atoms with Crippen molar-refractivity contribution in [2.75, 3.05) is 0 Å². The lowest BCUT2D eigenvalue weighted by molar-refractivity contribution is 0.283. The molecule has 0 bridgehead atoms. The molecule has 2 nitrogen and oxygen atoms in total. The molecule has 30 heavy (non-hydrogen) atoms. The van der Waals surface area contributed by atoms with E-state index in [9.17, 15) is 10.2 Å². The van der Waals surface area contributed by atoms with Crippen LogP contribution >= 0.6 is 0 Å². The zero-order valence-corrected chi connectivity index (χ0v) is 20.8. The lowest BCUT2D eigenvalue weighted by atomic mass is 9.71. The highest BCUT2D eigenvalue weighted by Crippen LogP contribution is 2.44. The second kappa shape index (κ2) is 7.94. The number of benzene rings is 2. The first-order valence-corrected chi connectivity index (χ1v) is 11.1. The summed E-state index contributed by atoms with van der Waals surface area (Å²) in [4.78, 5) is 0. The monoisotopic (exact) mass is 410 g/mol. The average molecular weight is 411 g/mol. The fourth-order valence-corrected chi connectivity index (χ4v) is 5.20. The van der Waals surface area contributed by atoms with Crippen molar-refractivity contribution in [3.8, 4) is 22.6 Å². The van der Waals surface area contributed by atoms with Crippen molar-refractivity contribution in [2.45, 2.75) is 92.9 Å². The van der Waals surface area contributed by atoms with E-state index in [2.05, 4.69) is 81.4 Å². The molecule has 2 aromatic rings. The number of hydrogen-bond acceptors (Lipinski definition) is 2. The second-order valence-corrected chi connectivity index (χ2v) is 12.7. The van der Waals surface area contributed by atoms with E-state index in [-0.39, 0.29) is 33.2 Å². The van der Waals surface area contributed by atoms with Gasteiger partial charge in [0.25, 0.3) is 0 Å². The molecule has 0 radical (unpaired) electrons. The van der Waals surface area contributed by atoms with Gasteiger partial charge in [0.1, 0.15) is 11.5 Å². The molecular formula is C28H42O2. The zero-order valence-electron chi connectivity index (χ0n) is 20.8. The van der Waals surface area contributed by atoms with Gasteiger partial charge < -0.3 is 10.2 Å². The molecule has 0 spiro atoms. The van der Waals surface area contributed by atoms with Crippen LogP contribution in [0.1, 0.15) is 93.2 Å². The number of phenolic OH excluding ortho intramolecular Hbond substituents is 2. The lowest BCUT2D eigenvalue weighted by Crippen LogP contribution is -2.25. The Morgan fingerprint density at radius 1 is 0.533 bits per heavy atom. The van der Waals surface area contributed by atoms with Gasteiger partial charge in [0.2, 0.25) is 0 Å². The molecule has 2 rings (SSSR count). The fourth-order valence-electron chi connectivity index (χ4n) is 5.20. The standard InChI is InChI=1S/C28H42O2/c1-25(2,3)17-27(7,8)19-11-13-23(29)21(15-19)22-16-20(12-14-24(22)30)28(9,10)18-26(4,5)6/h11-16,29-30H,17-18H2,1-10H3. The predicted octanol–water partition coefficient (Wildman–Crippen LogP) is 8.19. The zero-order chi connectivity index (χ0) is 23.1. The van der Waals surface area contributed by atoms with Gasteiger partial charge in [0.05, 0.1) is 0 Å². The van der Waals surface area contributed by atoms with Crippen molar-refractivity contribution in [3.05, 3.63) is 47.5 Å². The highest BCUT2D eigenvalue weighted by atomic mass is 16.3. The van der Waals surface area contributed by atoms with Gasteiger partial charge in [-0.05, 0) is 69.9 Å². The van der Waals surface area contributed by atoms with Gasteiger partial charge in [-0.25, -0.2) is 0 Å². The molecule has 0 aliphatic heterocycles. The van der Waals surface area contributed by atoms with E-state index in [1.54, 1.807) is 12.1 Å². The minimum absolute atomic E-state index is 0.0422. The van der Waals surface area contributed by atoms with Gasteiger partial charge >= 0.3 is 0 Å². The van der Waals surface area contributed by atoms with Crippen LogP contribution in [-0.2, 0) is 10.8 Å². The van der Waals surface area contributed by atoms with Crippen LogP contribution in [0.25, 0.3) is 11.1 Å². The molecule has 0 aliphatic carbocycles. The summed E-state index contributed by atoms with van der Waals surface area (Å²) >= 11 is 0. The van der Waals surface area contributed by atoms with E-state index >= 15 is 0 Å². The van der Waals surface area contributed by atoms with E-state index in [1.165, 1.54) is 11.1 Å². The van der Waals surface area contributed by atoms with Gasteiger partial charge in [-0.2, -0.15) is 0 Å². The van der Waals surface area contributed by atoms with E-state index in [4.69, 9.17) is 0 Å². The Bertz CT molecular complexity index is 814. The summed E-state index contributed by atoms with van der Waals surface area (Å²) < 4.78 is 0. The molecule has 0 saturated carbocycles. The van der Waals surface area contributed by atoms with Crippen molar-refractivity contribution in [1.82, 2.24) is 0 Å². The molecule has 2 N–H and O–H groups in total. The fraction of sp³-hybridized carbons (Fsp3) is 0.571. The number of aromatic hydroxyl groups is 2. The normalized spacial score (nSPS) is 13.5. The number of hydrogen-bond donors (Lipinski definition) is 2. The molecule has 2 heteroatoms. The largest absolute Gasteiger partial charge is 0.507 e.